The Morgan fingerprint density at radius 1 is 1.21 bits per heavy atom. The molecule has 0 atom stereocenters. The van der Waals surface area contributed by atoms with Crippen molar-refractivity contribution in [3.63, 3.8) is 0 Å². The molecule has 2 aromatic heterocycles. The van der Waals surface area contributed by atoms with Crippen LogP contribution in [0.2, 0.25) is 5.02 Å². The molecule has 2 aliphatic rings. The topological polar surface area (TPSA) is 60.7 Å². The van der Waals surface area contributed by atoms with Gasteiger partial charge < -0.3 is 4.74 Å². The number of esters is 1. The minimum Gasteiger partial charge on any atom is -0.458 e. The molecular weight excluding hydrogens is 396 g/mol. The van der Waals surface area contributed by atoms with Gasteiger partial charge in [-0.05, 0) is 56.2 Å². The van der Waals surface area contributed by atoms with Gasteiger partial charge in [0.25, 0.3) is 5.56 Å². The monoisotopic (exact) mass is 414 g/mol. The summed E-state index contributed by atoms with van der Waals surface area (Å²) in [7, 11) is 0. The van der Waals surface area contributed by atoms with E-state index in [1.54, 1.807) is 27.9 Å². The van der Waals surface area contributed by atoms with Crippen LogP contribution in [0.3, 0.4) is 0 Å². The van der Waals surface area contributed by atoms with E-state index in [1.165, 1.54) is 10.9 Å². The van der Waals surface area contributed by atoms with Crippen molar-refractivity contribution in [2.75, 3.05) is 0 Å². The van der Waals surface area contributed by atoms with Gasteiger partial charge in [0.1, 0.15) is 6.61 Å². The van der Waals surface area contributed by atoms with E-state index in [9.17, 15) is 9.59 Å². The molecule has 5 rings (SSSR count). The largest absolute Gasteiger partial charge is 0.458 e. The number of carbonyl (C=O) groups is 1. The minimum absolute atomic E-state index is 0.0163. The summed E-state index contributed by atoms with van der Waals surface area (Å²) in [5.74, 6) is -0.262. The SMILES string of the molecule is O=C(OCc1cc(=O)n2c3c(sc2n1)CCCC3)C1(c2ccc(Cl)cc2)CC1. The van der Waals surface area contributed by atoms with Gasteiger partial charge >= 0.3 is 5.97 Å². The highest BCUT2D eigenvalue weighted by Gasteiger charge is 2.52. The van der Waals surface area contributed by atoms with Crippen LogP contribution < -0.4 is 5.56 Å². The van der Waals surface area contributed by atoms with Crippen molar-refractivity contribution in [2.45, 2.75) is 50.5 Å². The highest BCUT2D eigenvalue weighted by molar-refractivity contribution is 7.17. The normalized spacial score (nSPS) is 17.3. The molecule has 144 valence electrons. The molecule has 0 aliphatic heterocycles. The average molecular weight is 415 g/mol. The van der Waals surface area contributed by atoms with Crippen LogP contribution in [-0.4, -0.2) is 15.4 Å². The van der Waals surface area contributed by atoms with Gasteiger partial charge in [0.2, 0.25) is 0 Å². The van der Waals surface area contributed by atoms with Crippen molar-refractivity contribution >= 4 is 33.9 Å². The second kappa shape index (κ2) is 6.71. The molecule has 3 aromatic rings. The van der Waals surface area contributed by atoms with Crippen LogP contribution in [0, 0.1) is 0 Å². The van der Waals surface area contributed by atoms with Gasteiger partial charge in [-0.1, -0.05) is 23.7 Å². The number of halogens is 1. The number of aryl methyl sites for hydroxylation is 2. The van der Waals surface area contributed by atoms with Crippen LogP contribution >= 0.6 is 22.9 Å². The number of hydrogen-bond acceptors (Lipinski definition) is 5. The Bertz CT molecular complexity index is 1130. The lowest BCUT2D eigenvalue weighted by Crippen LogP contribution is -2.24. The Morgan fingerprint density at radius 3 is 2.71 bits per heavy atom. The first kappa shape index (κ1) is 17.9. The molecule has 0 unspecified atom stereocenters. The van der Waals surface area contributed by atoms with E-state index in [0.29, 0.717) is 15.7 Å². The summed E-state index contributed by atoms with van der Waals surface area (Å²) in [6.45, 7) is 0.0163. The number of aromatic nitrogens is 2. The van der Waals surface area contributed by atoms with Gasteiger partial charge in [-0.3, -0.25) is 14.0 Å². The molecule has 0 spiro atoms. The molecule has 28 heavy (non-hydrogen) atoms. The summed E-state index contributed by atoms with van der Waals surface area (Å²) in [5, 5.41) is 0.643. The van der Waals surface area contributed by atoms with Gasteiger partial charge in [0.15, 0.2) is 4.96 Å². The Balaban J connectivity index is 1.37. The lowest BCUT2D eigenvalue weighted by atomic mass is 9.96. The Kier molecular flexibility index (Phi) is 4.29. The fourth-order valence-corrected chi connectivity index (χ4v) is 5.36. The number of fused-ring (bicyclic) bond motifs is 3. The van der Waals surface area contributed by atoms with Crippen LogP contribution in [0.15, 0.2) is 35.1 Å². The lowest BCUT2D eigenvalue weighted by molar-refractivity contribution is -0.148. The van der Waals surface area contributed by atoms with Crippen LogP contribution in [0.1, 0.15) is 47.5 Å². The zero-order valence-electron chi connectivity index (χ0n) is 15.2. The number of ether oxygens (including phenoxy) is 1. The number of nitrogens with zero attached hydrogens (tertiary/aromatic N) is 2. The van der Waals surface area contributed by atoms with Crippen LogP contribution in [0.4, 0.5) is 0 Å². The maximum absolute atomic E-state index is 12.7. The van der Waals surface area contributed by atoms with Gasteiger partial charge in [0.05, 0.1) is 11.1 Å². The van der Waals surface area contributed by atoms with Crippen LogP contribution in [0.25, 0.3) is 4.96 Å². The summed E-state index contributed by atoms with van der Waals surface area (Å²) < 4.78 is 7.29. The van der Waals surface area contributed by atoms with Crippen LogP contribution in [0.5, 0.6) is 0 Å². The second-order valence-corrected chi connectivity index (χ2v) is 9.05. The molecule has 1 saturated carbocycles. The zero-order chi connectivity index (χ0) is 19.3. The Morgan fingerprint density at radius 2 is 1.96 bits per heavy atom. The molecule has 2 heterocycles. The van der Waals surface area contributed by atoms with E-state index in [1.807, 2.05) is 12.1 Å². The molecule has 0 amide bonds. The molecule has 1 aromatic carbocycles. The number of rotatable bonds is 4. The van der Waals surface area contributed by atoms with Gasteiger partial charge in [-0.2, -0.15) is 0 Å². The molecule has 0 saturated heterocycles. The van der Waals surface area contributed by atoms with Crippen molar-refractivity contribution < 1.29 is 9.53 Å². The fourth-order valence-electron chi connectivity index (χ4n) is 4.00. The lowest BCUT2D eigenvalue weighted by Gasteiger charge is -2.15. The maximum atomic E-state index is 12.7. The van der Waals surface area contributed by atoms with Gasteiger partial charge in [0, 0.05) is 21.7 Å². The second-order valence-electron chi connectivity index (χ2n) is 7.55. The molecule has 0 N–H and O–H groups in total. The Labute approximate surface area is 170 Å². The average Bonchev–Trinajstić information content (AvgIpc) is 3.41. The molecule has 7 heteroatoms. The van der Waals surface area contributed by atoms with E-state index in [-0.39, 0.29) is 18.1 Å². The number of hydrogen-bond donors (Lipinski definition) is 0. The third-order valence-corrected chi connectivity index (χ3v) is 7.10. The van der Waals surface area contributed by atoms with Gasteiger partial charge in [-0.25, -0.2) is 4.98 Å². The van der Waals surface area contributed by atoms with E-state index in [0.717, 1.165) is 49.8 Å². The summed E-state index contributed by atoms with van der Waals surface area (Å²) in [4.78, 5) is 31.9. The van der Waals surface area contributed by atoms with Crippen molar-refractivity contribution in [3.8, 4) is 0 Å². The third-order valence-electron chi connectivity index (χ3n) is 5.70. The van der Waals surface area contributed by atoms with E-state index >= 15 is 0 Å². The highest BCUT2D eigenvalue weighted by atomic mass is 35.5. The Hall–Kier alpha value is -2.18. The maximum Gasteiger partial charge on any atom is 0.316 e. The van der Waals surface area contributed by atoms with E-state index in [2.05, 4.69) is 4.98 Å². The smallest absolute Gasteiger partial charge is 0.316 e. The predicted molar refractivity (Wildman–Crippen MR) is 108 cm³/mol. The molecule has 2 aliphatic carbocycles. The number of thiazole rings is 1. The number of benzene rings is 1. The standard InChI is InChI=1S/C21H19ClN2O3S/c22-14-7-5-13(6-8-14)21(9-10-21)19(26)27-12-15-11-18(25)24-16-3-1-2-4-17(16)28-20(24)23-15/h5-8,11H,1-4,9-10,12H2. The number of carbonyl (C=O) groups excluding carboxylic acids is 1. The molecular formula is C21H19ClN2O3S. The molecule has 0 radical (unpaired) electrons. The quantitative estimate of drug-likeness (QED) is 0.604. The molecule has 5 nitrogen and oxygen atoms in total. The van der Waals surface area contributed by atoms with E-state index in [4.69, 9.17) is 16.3 Å². The summed E-state index contributed by atoms with van der Waals surface area (Å²) in [6, 6.07) is 8.83. The van der Waals surface area contributed by atoms with Crippen molar-refractivity contribution in [3.05, 3.63) is 67.5 Å². The first-order valence-corrected chi connectivity index (χ1v) is 10.7. The first-order valence-electron chi connectivity index (χ1n) is 9.53. The first-order chi connectivity index (χ1) is 13.6. The van der Waals surface area contributed by atoms with Crippen molar-refractivity contribution in [2.24, 2.45) is 0 Å². The third kappa shape index (κ3) is 2.95. The summed E-state index contributed by atoms with van der Waals surface area (Å²) >= 11 is 7.53. The zero-order valence-corrected chi connectivity index (χ0v) is 16.8. The molecule has 1 fully saturated rings. The van der Waals surface area contributed by atoms with Gasteiger partial charge in [-0.15, -0.1) is 11.3 Å². The molecule has 0 bridgehead atoms. The summed E-state index contributed by atoms with van der Waals surface area (Å²) in [5.41, 5.74) is 1.87. The van der Waals surface area contributed by atoms with Crippen molar-refractivity contribution in [1.29, 1.82) is 0 Å². The van der Waals surface area contributed by atoms with Crippen molar-refractivity contribution in [1.82, 2.24) is 9.38 Å². The van der Waals surface area contributed by atoms with Crippen LogP contribution in [-0.2, 0) is 34.4 Å². The summed E-state index contributed by atoms with van der Waals surface area (Å²) in [6.07, 6.45) is 5.73. The predicted octanol–water partition coefficient (Wildman–Crippen LogP) is 4.06. The highest BCUT2D eigenvalue weighted by Crippen LogP contribution is 2.49. The minimum atomic E-state index is -0.578. The fraction of sp³-hybridized carbons (Fsp3) is 0.381. The van der Waals surface area contributed by atoms with E-state index < -0.39 is 5.41 Å².